The van der Waals surface area contributed by atoms with Crippen LogP contribution in [0.3, 0.4) is 0 Å². The van der Waals surface area contributed by atoms with Crippen molar-refractivity contribution in [2.75, 3.05) is 7.11 Å². The molecule has 1 rings (SSSR count). The van der Waals surface area contributed by atoms with Crippen molar-refractivity contribution in [1.82, 2.24) is 0 Å². The number of hydrogen-bond donors (Lipinski definition) is 0. The summed E-state index contributed by atoms with van der Waals surface area (Å²) in [5, 5.41) is 2.13. The normalized spacial score (nSPS) is 10.1. The summed E-state index contributed by atoms with van der Waals surface area (Å²) in [6.07, 6.45) is 1.28. The average Bonchev–Trinajstić information content (AvgIpc) is 2.43. The van der Waals surface area contributed by atoms with Crippen LogP contribution in [0.1, 0.15) is 22.4 Å². The van der Waals surface area contributed by atoms with Crippen LogP contribution >= 0.6 is 11.3 Å². The SMILES string of the molecule is COC(=O)CCc1c(C)csc1C. The van der Waals surface area contributed by atoms with Gasteiger partial charge >= 0.3 is 5.97 Å². The number of carbonyl (C=O) groups is 1. The van der Waals surface area contributed by atoms with Crippen molar-refractivity contribution in [2.45, 2.75) is 26.7 Å². The van der Waals surface area contributed by atoms with E-state index < -0.39 is 0 Å². The van der Waals surface area contributed by atoms with E-state index in [0.29, 0.717) is 6.42 Å². The first kappa shape index (κ1) is 10.3. The fourth-order valence-corrected chi connectivity index (χ4v) is 2.20. The van der Waals surface area contributed by atoms with Crippen LogP contribution in [0.15, 0.2) is 5.38 Å². The predicted octanol–water partition coefficient (Wildman–Crippen LogP) is 2.47. The van der Waals surface area contributed by atoms with Gasteiger partial charge in [-0.25, -0.2) is 0 Å². The molecule has 0 amide bonds. The molecular weight excluding hydrogens is 184 g/mol. The van der Waals surface area contributed by atoms with E-state index in [1.165, 1.54) is 23.1 Å². The fraction of sp³-hybridized carbons (Fsp3) is 0.500. The van der Waals surface area contributed by atoms with Crippen molar-refractivity contribution in [3.05, 3.63) is 21.4 Å². The lowest BCUT2D eigenvalue weighted by atomic mass is 10.1. The molecule has 0 saturated heterocycles. The molecule has 0 radical (unpaired) electrons. The maximum absolute atomic E-state index is 10.9. The zero-order valence-corrected chi connectivity index (χ0v) is 9.03. The summed E-state index contributed by atoms with van der Waals surface area (Å²) < 4.78 is 4.59. The topological polar surface area (TPSA) is 26.3 Å². The maximum Gasteiger partial charge on any atom is 0.305 e. The van der Waals surface area contributed by atoms with Gasteiger partial charge in [0.15, 0.2) is 0 Å². The van der Waals surface area contributed by atoms with Gasteiger partial charge in [-0.05, 0) is 36.8 Å². The van der Waals surface area contributed by atoms with Crippen LogP contribution in [-0.2, 0) is 16.0 Å². The molecule has 0 aliphatic carbocycles. The van der Waals surface area contributed by atoms with Gasteiger partial charge in [0.05, 0.1) is 7.11 Å². The minimum atomic E-state index is -0.134. The highest BCUT2D eigenvalue weighted by Gasteiger charge is 2.07. The second-order valence-electron chi connectivity index (χ2n) is 3.03. The van der Waals surface area contributed by atoms with Gasteiger partial charge in [-0.1, -0.05) is 0 Å². The lowest BCUT2D eigenvalue weighted by Gasteiger charge is -2.01. The number of hydrogen-bond acceptors (Lipinski definition) is 3. The lowest BCUT2D eigenvalue weighted by Crippen LogP contribution is -2.02. The van der Waals surface area contributed by atoms with Crippen LogP contribution in [-0.4, -0.2) is 13.1 Å². The molecule has 0 bridgehead atoms. The summed E-state index contributed by atoms with van der Waals surface area (Å²) in [6, 6.07) is 0. The van der Waals surface area contributed by atoms with Crippen LogP contribution in [0.25, 0.3) is 0 Å². The van der Waals surface area contributed by atoms with Crippen molar-refractivity contribution in [1.29, 1.82) is 0 Å². The molecule has 0 saturated carbocycles. The van der Waals surface area contributed by atoms with E-state index >= 15 is 0 Å². The van der Waals surface area contributed by atoms with Gasteiger partial charge in [0.25, 0.3) is 0 Å². The molecular formula is C10H14O2S. The second kappa shape index (κ2) is 4.42. The Balaban J connectivity index is 2.58. The summed E-state index contributed by atoms with van der Waals surface area (Å²) in [7, 11) is 1.43. The molecule has 0 aromatic carbocycles. The molecule has 2 nitrogen and oxygen atoms in total. The fourth-order valence-electron chi connectivity index (χ4n) is 1.30. The molecule has 1 heterocycles. The molecule has 3 heteroatoms. The largest absolute Gasteiger partial charge is 0.469 e. The lowest BCUT2D eigenvalue weighted by molar-refractivity contribution is -0.140. The van der Waals surface area contributed by atoms with E-state index in [1.807, 2.05) is 0 Å². The van der Waals surface area contributed by atoms with Gasteiger partial charge in [0, 0.05) is 11.3 Å². The Hall–Kier alpha value is -0.830. The monoisotopic (exact) mass is 198 g/mol. The van der Waals surface area contributed by atoms with Crippen LogP contribution in [0.5, 0.6) is 0 Å². The van der Waals surface area contributed by atoms with E-state index in [1.54, 1.807) is 11.3 Å². The molecule has 0 spiro atoms. The molecule has 0 aliphatic rings. The Morgan fingerprint density at radius 1 is 1.54 bits per heavy atom. The third-order valence-electron chi connectivity index (χ3n) is 2.12. The summed E-state index contributed by atoms with van der Waals surface area (Å²) in [5.41, 5.74) is 2.59. The smallest absolute Gasteiger partial charge is 0.305 e. The molecule has 13 heavy (non-hydrogen) atoms. The molecule has 0 unspecified atom stereocenters. The average molecular weight is 198 g/mol. The van der Waals surface area contributed by atoms with Crippen molar-refractivity contribution in [3.63, 3.8) is 0 Å². The molecule has 0 N–H and O–H groups in total. The number of esters is 1. The third kappa shape index (κ3) is 2.56. The number of methoxy groups -OCH3 is 1. The van der Waals surface area contributed by atoms with Gasteiger partial charge < -0.3 is 4.74 Å². The molecule has 1 aromatic heterocycles. The van der Waals surface area contributed by atoms with Gasteiger partial charge in [-0.15, -0.1) is 11.3 Å². The van der Waals surface area contributed by atoms with Crippen LogP contribution in [0.4, 0.5) is 0 Å². The van der Waals surface area contributed by atoms with Gasteiger partial charge in [0.2, 0.25) is 0 Å². The molecule has 1 aromatic rings. The van der Waals surface area contributed by atoms with Crippen molar-refractivity contribution >= 4 is 17.3 Å². The van der Waals surface area contributed by atoms with E-state index in [9.17, 15) is 4.79 Å². The van der Waals surface area contributed by atoms with E-state index in [0.717, 1.165) is 6.42 Å². The number of thiophene rings is 1. The molecule has 72 valence electrons. The highest BCUT2D eigenvalue weighted by Crippen LogP contribution is 2.22. The Morgan fingerprint density at radius 2 is 2.23 bits per heavy atom. The molecule has 0 atom stereocenters. The van der Waals surface area contributed by atoms with Crippen LogP contribution < -0.4 is 0 Å². The summed E-state index contributed by atoms with van der Waals surface area (Å²) in [5.74, 6) is -0.134. The van der Waals surface area contributed by atoms with Gasteiger partial charge in [0.1, 0.15) is 0 Å². The summed E-state index contributed by atoms with van der Waals surface area (Å²) >= 11 is 1.74. The van der Waals surface area contributed by atoms with Gasteiger partial charge in [-0.3, -0.25) is 4.79 Å². The van der Waals surface area contributed by atoms with Crippen LogP contribution in [0, 0.1) is 13.8 Å². The minimum absolute atomic E-state index is 0.134. The Morgan fingerprint density at radius 3 is 2.69 bits per heavy atom. The first-order valence-electron chi connectivity index (χ1n) is 4.25. The molecule has 0 fully saturated rings. The Labute approximate surface area is 82.5 Å². The number of ether oxygens (including phenoxy) is 1. The van der Waals surface area contributed by atoms with Crippen LogP contribution in [0.2, 0.25) is 0 Å². The Bertz CT molecular complexity index is 282. The summed E-state index contributed by atoms with van der Waals surface area (Å²) in [6.45, 7) is 4.17. The number of aryl methyl sites for hydroxylation is 2. The second-order valence-corrected chi connectivity index (χ2v) is 4.11. The third-order valence-corrected chi connectivity index (χ3v) is 3.19. The predicted molar refractivity (Wildman–Crippen MR) is 54.1 cm³/mol. The highest BCUT2D eigenvalue weighted by molar-refractivity contribution is 7.10. The maximum atomic E-state index is 10.9. The van der Waals surface area contributed by atoms with Crippen molar-refractivity contribution < 1.29 is 9.53 Å². The zero-order chi connectivity index (χ0) is 9.84. The number of carbonyl (C=O) groups excluding carboxylic acids is 1. The van der Waals surface area contributed by atoms with E-state index in [-0.39, 0.29) is 5.97 Å². The van der Waals surface area contributed by atoms with E-state index in [2.05, 4.69) is 24.0 Å². The Kier molecular flexibility index (Phi) is 3.48. The minimum Gasteiger partial charge on any atom is -0.469 e. The quantitative estimate of drug-likeness (QED) is 0.697. The standard InChI is InChI=1S/C10H14O2S/c1-7-6-13-8(2)9(7)4-5-10(11)12-3/h6H,4-5H2,1-3H3. The van der Waals surface area contributed by atoms with E-state index in [4.69, 9.17) is 0 Å². The van der Waals surface area contributed by atoms with Crippen molar-refractivity contribution in [2.24, 2.45) is 0 Å². The first-order valence-corrected chi connectivity index (χ1v) is 5.13. The summed E-state index contributed by atoms with van der Waals surface area (Å²) in [4.78, 5) is 12.2. The van der Waals surface area contributed by atoms with Crippen molar-refractivity contribution in [3.8, 4) is 0 Å². The highest BCUT2D eigenvalue weighted by atomic mass is 32.1. The number of rotatable bonds is 3. The van der Waals surface area contributed by atoms with Gasteiger partial charge in [-0.2, -0.15) is 0 Å². The zero-order valence-electron chi connectivity index (χ0n) is 8.22. The first-order chi connectivity index (χ1) is 6.15. The molecule has 0 aliphatic heterocycles.